The van der Waals surface area contributed by atoms with Gasteiger partial charge in [-0.15, -0.1) is 0 Å². The molecule has 0 radical (unpaired) electrons. The summed E-state index contributed by atoms with van der Waals surface area (Å²) in [5.74, 6) is 0.120. The van der Waals surface area contributed by atoms with Crippen molar-refractivity contribution in [3.63, 3.8) is 0 Å². The molecule has 1 amide bonds. The van der Waals surface area contributed by atoms with Crippen LogP contribution in [0.1, 0.15) is 19.4 Å². The zero-order valence-electron chi connectivity index (χ0n) is 13.4. The molecule has 0 fully saturated rings. The zero-order valence-corrected chi connectivity index (χ0v) is 14.2. The SMILES string of the molecule is CC(C)Oc1ccccc1/C=C(/C#N)C(=O)Nc1cccc(Cl)c1. The van der Waals surface area contributed by atoms with E-state index in [1.54, 1.807) is 36.4 Å². The number of benzene rings is 2. The van der Waals surface area contributed by atoms with Crippen LogP contribution in [-0.4, -0.2) is 12.0 Å². The van der Waals surface area contributed by atoms with E-state index in [1.165, 1.54) is 6.08 Å². The first kappa shape index (κ1) is 17.6. The largest absolute Gasteiger partial charge is 0.490 e. The number of carbonyl (C=O) groups excluding carboxylic acids is 1. The van der Waals surface area contributed by atoms with Gasteiger partial charge in [-0.1, -0.05) is 35.9 Å². The fourth-order valence-electron chi connectivity index (χ4n) is 2.03. The lowest BCUT2D eigenvalue weighted by atomic mass is 10.1. The highest BCUT2D eigenvalue weighted by Gasteiger charge is 2.12. The van der Waals surface area contributed by atoms with Gasteiger partial charge in [0.05, 0.1) is 6.10 Å². The minimum atomic E-state index is -0.501. The first-order chi connectivity index (χ1) is 11.5. The number of amides is 1. The molecule has 0 saturated carbocycles. The van der Waals surface area contributed by atoms with Crippen molar-refractivity contribution in [2.75, 3.05) is 5.32 Å². The predicted molar refractivity (Wildman–Crippen MR) is 95.9 cm³/mol. The number of anilines is 1. The van der Waals surface area contributed by atoms with Crippen LogP contribution in [0.3, 0.4) is 0 Å². The van der Waals surface area contributed by atoms with Crippen molar-refractivity contribution < 1.29 is 9.53 Å². The van der Waals surface area contributed by atoms with Gasteiger partial charge in [0.15, 0.2) is 0 Å². The minimum absolute atomic E-state index is 0.00891. The average molecular weight is 341 g/mol. The number of nitrogens with one attached hydrogen (secondary N) is 1. The van der Waals surface area contributed by atoms with Crippen LogP contribution in [-0.2, 0) is 4.79 Å². The molecule has 2 rings (SSSR count). The normalized spacial score (nSPS) is 11.0. The van der Waals surface area contributed by atoms with Crippen LogP contribution in [0.2, 0.25) is 5.02 Å². The monoisotopic (exact) mass is 340 g/mol. The topological polar surface area (TPSA) is 62.1 Å². The molecular formula is C19H17ClN2O2. The summed E-state index contributed by atoms with van der Waals surface area (Å²) in [4.78, 5) is 12.3. The van der Waals surface area contributed by atoms with Gasteiger partial charge in [0.25, 0.3) is 5.91 Å². The Kier molecular flexibility index (Phi) is 6.00. The number of hydrogen-bond donors (Lipinski definition) is 1. The summed E-state index contributed by atoms with van der Waals surface area (Å²) in [5, 5.41) is 12.5. The van der Waals surface area contributed by atoms with Gasteiger partial charge in [0, 0.05) is 16.3 Å². The van der Waals surface area contributed by atoms with E-state index in [9.17, 15) is 10.1 Å². The maximum absolute atomic E-state index is 12.3. The average Bonchev–Trinajstić information content (AvgIpc) is 2.53. The molecule has 122 valence electrons. The molecule has 0 aliphatic heterocycles. The van der Waals surface area contributed by atoms with Gasteiger partial charge in [0.2, 0.25) is 0 Å². The summed E-state index contributed by atoms with van der Waals surface area (Å²) < 4.78 is 5.70. The fourth-order valence-corrected chi connectivity index (χ4v) is 2.22. The number of rotatable bonds is 5. The molecule has 0 aliphatic carbocycles. The quantitative estimate of drug-likeness (QED) is 0.635. The maximum atomic E-state index is 12.3. The van der Waals surface area contributed by atoms with Crippen molar-refractivity contribution in [1.82, 2.24) is 0 Å². The second kappa shape index (κ2) is 8.19. The standard InChI is InChI=1S/C19H17ClN2O2/c1-13(2)24-18-9-4-3-6-14(18)10-15(12-21)19(23)22-17-8-5-7-16(20)11-17/h3-11,13H,1-2H3,(H,22,23)/b15-10-. The number of halogens is 1. The number of ether oxygens (including phenoxy) is 1. The fraction of sp³-hybridized carbons (Fsp3) is 0.158. The molecular weight excluding hydrogens is 324 g/mol. The Bertz CT molecular complexity index is 807. The molecule has 5 heteroatoms. The Balaban J connectivity index is 2.26. The predicted octanol–water partition coefficient (Wildman–Crippen LogP) is 4.67. The number of nitrogens with zero attached hydrogens (tertiary/aromatic N) is 1. The van der Waals surface area contributed by atoms with Crippen LogP contribution in [0.4, 0.5) is 5.69 Å². The highest BCUT2D eigenvalue weighted by Crippen LogP contribution is 2.23. The molecule has 0 bridgehead atoms. The van der Waals surface area contributed by atoms with E-state index in [2.05, 4.69) is 5.32 Å². The Morgan fingerprint density at radius 3 is 2.67 bits per heavy atom. The highest BCUT2D eigenvalue weighted by atomic mass is 35.5. The van der Waals surface area contributed by atoms with E-state index in [4.69, 9.17) is 16.3 Å². The summed E-state index contributed by atoms with van der Waals surface area (Å²) in [7, 11) is 0. The van der Waals surface area contributed by atoms with Gasteiger partial charge >= 0.3 is 0 Å². The van der Waals surface area contributed by atoms with Gasteiger partial charge in [0.1, 0.15) is 17.4 Å². The molecule has 1 N–H and O–H groups in total. The molecule has 0 heterocycles. The molecule has 0 aromatic heterocycles. The Labute approximate surface area is 146 Å². The second-order valence-corrected chi connectivity index (χ2v) is 5.78. The highest BCUT2D eigenvalue weighted by molar-refractivity contribution is 6.31. The van der Waals surface area contributed by atoms with Crippen LogP contribution in [0.25, 0.3) is 6.08 Å². The van der Waals surface area contributed by atoms with Gasteiger partial charge in [-0.2, -0.15) is 5.26 Å². The lowest BCUT2D eigenvalue weighted by Crippen LogP contribution is -2.13. The number of carbonyl (C=O) groups is 1. The number of para-hydroxylation sites is 1. The van der Waals surface area contributed by atoms with Crippen LogP contribution < -0.4 is 10.1 Å². The summed E-state index contributed by atoms with van der Waals surface area (Å²) in [6.07, 6.45) is 1.50. The van der Waals surface area contributed by atoms with E-state index in [0.29, 0.717) is 22.0 Å². The Morgan fingerprint density at radius 2 is 2.00 bits per heavy atom. The summed E-state index contributed by atoms with van der Waals surface area (Å²) >= 11 is 5.89. The van der Waals surface area contributed by atoms with Crippen molar-refractivity contribution in [3.8, 4) is 11.8 Å². The van der Waals surface area contributed by atoms with E-state index in [1.807, 2.05) is 32.0 Å². The van der Waals surface area contributed by atoms with Gasteiger partial charge < -0.3 is 10.1 Å². The summed E-state index contributed by atoms with van der Waals surface area (Å²) in [6, 6.07) is 15.9. The molecule has 24 heavy (non-hydrogen) atoms. The van der Waals surface area contributed by atoms with Crippen molar-refractivity contribution in [2.24, 2.45) is 0 Å². The first-order valence-electron chi connectivity index (χ1n) is 7.44. The third-order valence-corrected chi connectivity index (χ3v) is 3.26. The van der Waals surface area contributed by atoms with Crippen molar-refractivity contribution in [3.05, 3.63) is 64.7 Å². The molecule has 0 saturated heterocycles. The van der Waals surface area contributed by atoms with E-state index in [-0.39, 0.29) is 11.7 Å². The molecule has 0 unspecified atom stereocenters. The third-order valence-electron chi connectivity index (χ3n) is 3.03. The van der Waals surface area contributed by atoms with E-state index < -0.39 is 5.91 Å². The molecule has 0 atom stereocenters. The summed E-state index contributed by atoms with van der Waals surface area (Å²) in [5.41, 5.74) is 1.18. The van der Waals surface area contributed by atoms with E-state index >= 15 is 0 Å². The molecule has 2 aromatic rings. The van der Waals surface area contributed by atoms with Crippen LogP contribution in [0, 0.1) is 11.3 Å². The molecule has 2 aromatic carbocycles. The third kappa shape index (κ3) is 4.87. The van der Waals surface area contributed by atoms with Gasteiger partial charge in [-0.3, -0.25) is 4.79 Å². The zero-order chi connectivity index (χ0) is 17.5. The number of hydrogen-bond acceptors (Lipinski definition) is 3. The Hall–Kier alpha value is -2.77. The van der Waals surface area contributed by atoms with Crippen LogP contribution in [0.15, 0.2) is 54.1 Å². The van der Waals surface area contributed by atoms with Crippen LogP contribution >= 0.6 is 11.6 Å². The molecule has 4 nitrogen and oxygen atoms in total. The minimum Gasteiger partial charge on any atom is -0.490 e. The summed E-state index contributed by atoms with van der Waals surface area (Å²) in [6.45, 7) is 3.83. The smallest absolute Gasteiger partial charge is 0.266 e. The number of nitriles is 1. The van der Waals surface area contributed by atoms with E-state index in [0.717, 1.165) is 0 Å². The lowest BCUT2D eigenvalue weighted by molar-refractivity contribution is -0.112. The maximum Gasteiger partial charge on any atom is 0.266 e. The van der Waals surface area contributed by atoms with Crippen molar-refractivity contribution >= 4 is 29.3 Å². The van der Waals surface area contributed by atoms with Gasteiger partial charge in [-0.25, -0.2) is 0 Å². The second-order valence-electron chi connectivity index (χ2n) is 5.34. The van der Waals surface area contributed by atoms with Crippen molar-refractivity contribution in [2.45, 2.75) is 20.0 Å². The Morgan fingerprint density at radius 1 is 1.25 bits per heavy atom. The molecule has 0 aliphatic rings. The van der Waals surface area contributed by atoms with Crippen molar-refractivity contribution in [1.29, 1.82) is 5.26 Å². The lowest BCUT2D eigenvalue weighted by Gasteiger charge is -2.12. The van der Waals surface area contributed by atoms with Gasteiger partial charge in [-0.05, 0) is 44.2 Å². The first-order valence-corrected chi connectivity index (χ1v) is 7.82. The van der Waals surface area contributed by atoms with Crippen LogP contribution in [0.5, 0.6) is 5.75 Å². The molecule has 0 spiro atoms.